The third-order valence-corrected chi connectivity index (χ3v) is 2.39. The first kappa shape index (κ1) is 14.0. The first-order valence-electron chi connectivity index (χ1n) is 4.53. The van der Waals surface area contributed by atoms with E-state index < -0.39 is 18.8 Å². The minimum atomic E-state index is -4.65. The van der Waals surface area contributed by atoms with Crippen LogP contribution in [0.25, 0.3) is 0 Å². The second-order valence-corrected chi connectivity index (χ2v) is 3.93. The third-order valence-electron chi connectivity index (χ3n) is 1.81. The van der Waals surface area contributed by atoms with E-state index in [1.165, 1.54) is 6.20 Å². The van der Waals surface area contributed by atoms with Crippen molar-refractivity contribution in [2.24, 2.45) is 0 Å². The quantitative estimate of drug-likeness (QED) is 0.788. The van der Waals surface area contributed by atoms with Crippen LogP contribution < -0.4 is 10.6 Å². The number of nitrogens with zero attached hydrogens (tertiary/aromatic N) is 2. The predicted octanol–water partition coefficient (Wildman–Crippen LogP) is 1.62. The lowest BCUT2D eigenvalue weighted by Gasteiger charge is -2.16. The molecular formula is C8H10BrF3N4O. The number of hydrogen-bond acceptors (Lipinski definition) is 5. The zero-order chi connectivity index (χ0) is 13.1. The first-order chi connectivity index (χ1) is 7.84. The van der Waals surface area contributed by atoms with E-state index in [4.69, 9.17) is 5.11 Å². The summed E-state index contributed by atoms with van der Waals surface area (Å²) < 4.78 is 36.6. The van der Waals surface area contributed by atoms with Gasteiger partial charge in [-0.3, -0.25) is 0 Å². The van der Waals surface area contributed by atoms with Gasteiger partial charge in [0, 0.05) is 13.2 Å². The number of aromatic nitrogens is 2. The van der Waals surface area contributed by atoms with Crippen LogP contribution in [0.2, 0.25) is 0 Å². The number of hydrogen-bond donors (Lipinski definition) is 3. The fourth-order valence-corrected chi connectivity index (χ4v) is 1.25. The van der Waals surface area contributed by atoms with Gasteiger partial charge >= 0.3 is 6.18 Å². The molecule has 0 fully saturated rings. The predicted molar refractivity (Wildman–Crippen MR) is 59.8 cm³/mol. The molecule has 0 saturated heterocycles. The second-order valence-electron chi connectivity index (χ2n) is 3.08. The molecule has 0 aliphatic rings. The van der Waals surface area contributed by atoms with Crippen molar-refractivity contribution in [1.29, 1.82) is 0 Å². The van der Waals surface area contributed by atoms with Gasteiger partial charge in [-0.2, -0.15) is 18.2 Å². The Balaban J connectivity index is 2.69. The van der Waals surface area contributed by atoms with E-state index in [2.05, 4.69) is 36.5 Å². The molecule has 1 heterocycles. The van der Waals surface area contributed by atoms with Gasteiger partial charge in [-0.1, -0.05) is 0 Å². The van der Waals surface area contributed by atoms with E-state index in [0.29, 0.717) is 4.47 Å². The second kappa shape index (κ2) is 5.50. The summed E-state index contributed by atoms with van der Waals surface area (Å²) in [5.41, 5.74) is 0. The van der Waals surface area contributed by atoms with Crippen LogP contribution >= 0.6 is 15.9 Å². The molecule has 1 aromatic rings. The summed E-state index contributed by atoms with van der Waals surface area (Å²) in [5, 5.41) is 13.8. The average molecular weight is 315 g/mol. The fraction of sp³-hybridized carbons (Fsp3) is 0.500. The monoisotopic (exact) mass is 314 g/mol. The van der Waals surface area contributed by atoms with Crippen LogP contribution in [0.15, 0.2) is 10.7 Å². The van der Waals surface area contributed by atoms with E-state index in [1.807, 2.05) is 0 Å². The maximum atomic E-state index is 12.1. The minimum absolute atomic E-state index is 0.174. The highest BCUT2D eigenvalue weighted by atomic mass is 79.9. The highest BCUT2D eigenvalue weighted by Gasteiger charge is 2.37. The minimum Gasteiger partial charge on any atom is -0.382 e. The van der Waals surface area contributed by atoms with Gasteiger partial charge < -0.3 is 15.7 Å². The maximum Gasteiger partial charge on any atom is 0.416 e. The summed E-state index contributed by atoms with van der Waals surface area (Å²) in [6.07, 6.45) is -5.71. The Morgan fingerprint density at radius 3 is 2.71 bits per heavy atom. The summed E-state index contributed by atoms with van der Waals surface area (Å²) in [6, 6.07) is 0. The number of halogens is 4. The molecule has 96 valence electrons. The van der Waals surface area contributed by atoms with E-state index in [0.717, 1.165) is 0 Å². The van der Waals surface area contributed by atoms with Crippen LogP contribution in [-0.4, -0.2) is 40.9 Å². The molecular weight excluding hydrogens is 305 g/mol. The third kappa shape index (κ3) is 4.00. The zero-order valence-electron chi connectivity index (χ0n) is 8.72. The fourth-order valence-electron chi connectivity index (χ4n) is 0.921. The lowest BCUT2D eigenvalue weighted by atomic mass is 10.3. The van der Waals surface area contributed by atoms with Crippen molar-refractivity contribution in [3.8, 4) is 0 Å². The lowest BCUT2D eigenvalue weighted by Crippen LogP contribution is -2.35. The van der Waals surface area contributed by atoms with E-state index in [1.54, 1.807) is 7.05 Å². The normalized spacial score (nSPS) is 13.3. The molecule has 0 radical (unpaired) electrons. The Labute approximate surface area is 104 Å². The van der Waals surface area contributed by atoms with Crippen molar-refractivity contribution in [3.63, 3.8) is 0 Å². The highest BCUT2D eigenvalue weighted by molar-refractivity contribution is 9.10. The Morgan fingerprint density at radius 1 is 1.53 bits per heavy atom. The Kier molecular flexibility index (Phi) is 4.52. The maximum absolute atomic E-state index is 12.1. The number of alkyl halides is 3. The Bertz CT molecular complexity index is 388. The summed E-state index contributed by atoms with van der Waals surface area (Å²) in [4.78, 5) is 7.73. The summed E-state index contributed by atoms with van der Waals surface area (Å²) in [6.45, 7) is -0.678. The zero-order valence-corrected chi connectivity index (χ0v) is 10.3. The van der Waals surface area contributed by atoms with Crippen molar-refractivity contribution < 1.29 is 18.3 Å². The van der Waals surface area contributed by atoms with Crippen LogP contribution in [0.5, 0.6) is 0 Å². The van der Waals surface area contributed by atoms with Crippen LogP contribution in [-0.2, 0) is 0 Å². The van der Waals surface area contributed by atoms with Crippen LogP contribution in [0.3, 0.4) is 0 Å². The highest BCUT2D eigenvalue weighted by Crippen LogP contribution is 2.23. The van der Waals surface area contributed by atoms with Crippen molar-refractivity contribution in [3.05, 3.63) is 10.7 Å². The molecule has 0 aliphatic heterocycles. The molecule has 5 nitrogen and oxygen atoms in total. The largest absolute Gasteiger partial charge is 0.416 e. The lowest BCUT2D eigenvalue weighted by molar-refractivity contribution is -0.198. The van der Waals surface area contributed by atoms with E-state index >= 15 is 0 Å². The van der Waals surface area contributed by atoms with Crippen LogP contribution in [0.1, 0.15) is 0 Å². The van der Waals surface area contributed by atoms with Crippen LogP contribution in [0.4, 0.5) is 24.9 Å². The molecule has 1 aromatic heterocycles. The molecule has 0 aliphatic carbocycles. The molecule has 0 amide bonds. The van der Waals surface area contributed by atoms with Gasteiger partial charge in [-0.25, -0.2) is 4.98 Å². The van der Waals surface area contributed by atoms with Gasteiger partial charge in [0.25, 0.3) is 0 Å². The molecule has 9 heteroatoms. The molecule has 0 saturated carbocycles. The van der Waals surface area contributed by atoms with Gasteiger partial charge in [0.1, 0.15) is 5.82 Å². The average Bonchev–Trinajstić information content (AvgIpc) is 2.26. The summed E-state index contributed by atoms with van der Waals surface area (Å²) in [5.74, 6) is 0.435. The smallest absolute Gasteiger partial charge is 0.382 e. The number of rotatable bonds is 4. The summed E-state index contributed by atoms with van der Waals surface area (Å²) >= 11 is 3.08. The summed E-state index contributed by atoms with van der Waals surface area (Å²) in [7, 11) is 1.58. The van der Waals surface area contributed by atoms with Crippen molar-refractivity contribution in [2.75, 3.05) is 24.2 Å². The molecule has 1 unspecified atom stereocenters. The van der Waals surface area contributed by atoms with Gasteiger partial charge in [-0.15, -0.1) is 0 Å². The van der Waals surface area contributed by atoms with E-state index in [-0.39, 0.29) is 11.8 Å². The SMILES string of the molecule is CNc1ncc(Br)c(NCC(O)C(F)(F)F)n1. The van der Waals surface area contributed by atoms with E-state index in [9.17, 15) is 13.2 Å². The Morgan fingerprint density at radius 2 is 2.18 bits per heavy atom. The molecule has 0 spiro atoms. The van der Waals surface area contributed by atoms with Gasteiger partial charge in [0.15, 0.2) is 6.10 Å². The van der Waals surface area contributed by atoms with Gasteiger partial charge in [-0.05, 0) is 15.9 Å². The van der Waals surface area contributed by atoms with Crippen molar-refractivity contribution >= 4 is 27.7 Å². The molecule has 0 aromatic carbocycles. The molecule has 1 rings (SSSR count). The van der Waals surface area contributed by atoms with Gasteiger partial charge in [0.05, 0.1) is 11.0 Å². The van der Waals surface area contributed by atoms with Crippen molar-refractivity contribution in [1.82, 2.24) is 9.97 Å². The number of aliphatic hydroxyl groups excluding tert-OH is 1. The molecule has 0 bridgehead atoms. The topological polar surface area (TPSA) is 70.1 Å². The first-order valence-corrected chi connectivity index (χ1v) is 5.33. The number of aliphatic hydroxyl groups is 1. The van der Waals surface area contributed by atoms with Crippen LogP contribution in [0, 0.1) is 0 Å². The van der Waals surface area contributed by atoms with Gasteiger partial charge in [0.2, 0.25) is 5.95 Å². The molecule has 3 N–H and O–H groups in total. The number of nitrogens with one attached hydrogen (secondary N) is 2. The molecule has 17 heavy (non-hydrogen) atoms. The Hall–Kier alpha value is -1.09. The molecule has 1 atom stereocenters. The van der Waals surface area contributed by atoms with Crippen molar-refractivity contribution in [2.45, 2.75) is 12.3 Å². The number of anilines is 2. The standard InChI is InChI=1S/C8H10BrF3N4O/c1-13-7-15-2-4(9)6(16-7)14-3-5(17)8(10,11)12/h2,5,17H,3H2,1H3,(H2,13,14,15,16).